The van der Waals surface area contributed by atoms with Gasteiger partial charge in [-0.2, -0.15) is 0 Å². The van der Waals surface area contributed by atoms with Crippen LogP contribution in [0.5, 0.6) is 0 Å². The van der Waals surface area contributed by atoms with Gasteiger partial charge in [-0.1, -0.05) is 167 Å². The number of hydrogen-bond donors (Lipinski definition) is 20. The van der Waals surface area contributed by atoms with Crippen LogP contribution < -0.4 is 10.6 Å². The molecule has 6 aliphatic rings. The second kappa shape index (κ2) is 48.5. The fourth-order valence-electron chi connectivity index (χ4n) is 14.3. The first-order chi connectivity index (χ1) is 50.9. The highest BCUT2D eigenvalue weighted by atomic mass is 16.8. The Morgan fingerprint density at radius 1 is 0.387 bits per heavy atom. The fourth-order valence-corrected chi connectivity index (χ4v) is 14.3. The van der Waals surface area contributed by atoms with E-state index in [1.807, 2.05) is 6.08 Å². The van der Waals surface area contributed by atoms with Gasteiger partial charge in [0.15, 0.2) is 37.7 Å². The molecule has 34 heteroatoms. The lowest BCUT2D eigenvalue weighted by molar-refractivity contribution is -0.405. The Morgan fingerprint density at radius 2 is 0.774 bits per heavy atom. The van der Waals surface area contributed by atoms with Crippen molar-refractivity contribution in [3.63, 3.8) is 0 Å². The Labute approximate surface area is 621 Å². The first-order valence-corrected chi connectivity index (χ1v) is 38.8. The topological polar surface area (TPSA) is 533 Å². The number of nitrogens with one attached hydrogen (secondary N) is 2. The third kappa shape index (κ3) is 27.1. The van der Waals surface area contributed by atoms with Crippen molar-refractivity contribution in [3.8, 4) is 0 Å². The van der Waals surface area contributed by atoms with Gasteiger partial charge in [0.25, 0.3) is 0 Å². The van der Waals surface area contributed by atoms with E-state index in [-0.39, 0.29) is 12.3 Å². The van der Waals surface area contributed by atoms with Gasteiger partial charge in [0.2, 0.25) is 11.8 Å². The average molecular weight is 1540 g/mol. The van der Waals surface area contributed by atoms with Crippen LogP contribution in [0.1, 0.15) is 195 Å². The molecule has 32 atom stereocenters. The summed E-state index contributed by atoms with van der Waals surface area (Å²) in [6.45, 7) is 1.24. The van der Waals surface area contributed by atoms with Crippen LogP contribution in [0, 0.1) is 0 Å². The highest BCUT2D eigenvalue weighted by Gasteiger charge is 2.59. The molecule has 34 nitrogen and oxygen atoms in total. The van der Waals surface area contributed by atoms with E-state index in [0.717, 1.165) is 58.3 Å². The number of amides is 2. The van der Waals surface area contributed by atoms with Crippen LogP contribution in [0.4, 0.5) is 0 Å². The van der Waals surface area contributed by atoms with Crippen LogP contribution in [0.2, 0.25) is 0 Å². The van der Waals surface area contributed by atoms with E-state index in [1.165, 1.54) is 103 Å². The lowest BCUT2D eigenvalue weighted by atomic mass is 9.94. The molecule has 0 radical (unpaired) electrons. The van der Waals surface area contributed by atoms with Gasteiger partial charge in [-0.05, 0) is 26.2 Å². The summed E-state index contributed by atoms with van der Waals surface area (Å²) in [4.78, 5) is 26.5. The standard InChI is InChI=1S/C72H130N2O32/c1-5-7-9-11-13-15-17-19-21-23-25-27-29-31-42(81)41(74-48(82)32-30-28-26-24-22-20-18-16-14-12-10-8-6-2)38-95-68-60(93)57(90)63(47(37-79)101-68)102-71-61(94)64(52(85)44(34-76)98-71)104-67-49(73-40(4)80)54(87)62(46(36-78)100-67)103-72-66(106-69-58(91)55(88)50(83)39(3)96-69)65(53(86)45(35-77)99-72)105-70-59(92)56(89)51(84)43(33-75)97-70/h29,31,39,41-47,49-72,75-79,81,83-94H,5-28,30,32-38H2,1-4H3,(H,73,80)(H,74,82)/b31-29+/t39?,41-,42+,43?,44?,45?,46?,47?,49?,50+,51-,52-,53-,54+,55?,56-,57+,58-,59?,60?,61?,62+,63+,64-,65-,66?,67-,68+,69+,70+,71-,72-/m0/s1. The van der Waals surface area contributed by atoms with Gasteiger partial charge >= 0.3 is 0 Å². The lowest BCUT2D eigenvalue weighted by Gasteiger charge is -2.51. The molecule has 0 spiro atoms. The van der Waals surface area contributed by atoms with Gasteiger partial charge in [0.05, 0.1) is 57.9 Å². The van der Waals surface area contributed by atoms with Gasteiger partial charge in [0, 0.05) is 13.3 Å². The number of aliphatic hydroxyl groups excluding tert-OH is 18. The van der Waals surface area contributed by atoms with Gasteiger partial charge in [-0.25, -0.2) is 0 Å². The van der Waals surface area contributed by atoms with Crippen LogP contribution in [-0.4, -0.2) is 340 Å². The summed E-state index contributed by atoms with van der Waals surface area (Å²) >= 11 is 0. The minimum absolute atomic E-state index is 0.176. The molecule has 2 amide bonds. The molecule has 6 heterocycles. The normalized spacial score (nSPS) is 38.7. The monoisotopic (exact) mass is 1530 g/mol. The minimum atomic E-state index is -2.21. The number of unbranched alkanes of at least 4 members (excludes halogenated alkanes) is 23. The zero-order chi connectivity index (χ0) is 77.6. The van der Waals surface area contributed by atoms with Crippen LogP contribution in [0.15, 0.2) is 12.2 Å². The van der Waals surface area contributed by atoms with Crippen LogP contribution in [0.3, 0.4) is 0 Å². The van der Waals surface area contributed by atoms with Crippen molar-refractivity contribution in [1.82, 2.24) is 10.6 Å². The molecule has 6 aliphatic heterocycles. The molecule has 106 heavy (non-hydrogen) atoms. The van der Waals surface area contributed by atoms with E-state index in [4.69, 9.17) is 56.8 Å². The molecule has 0 aliphatic carbocycles. The van der Waals surface area contributed by atoms with Gasteiger partial charge < -0.3 is 159 Å². The van der Waals surface area contributed by atoms with Crippen molar-refractivity contribution < 1.29 is 158 Å². The highest BCUT2D eigenvalue weighted by Crippen LogP contribution is 2.39. The maximum Gasteiger partial charge on any atom is 0.220 e. The van der Waals surface area contributed by atoms with Crippen LogP contribution >= 0.6 is 0 Å². The number of rotatable bonds is 48. The van der Waals surface area contributed by atoms with E-state index in [0.29, 0.717) is 12.8 Å². The van der Waals surface area contributed by atoms with E-state index in [9.17, 15) is 102 Å². The van der Waals surface area contributed by atoms with Crippen molar-refractivity contribution in [2.45, 2.75) is 391 Å². The molecule has 0 saturated carbocycles. The Morgan fingerprint density at radius 3 is 1.29 bits per heavy atom. The molecule has 0 aromatic rings. The summed E-state index contributed by atoms with van der Waals surface area (Å²) in [5.74, 6) is -1.22. The molecular formula is C72H130N2O32. The summed E-state index contributed by atoms with van der Waals surface area (Å²) in [6.07, 6.45) is -25.3. The third-order valence-corrected chi connectivity index (χ3v) is 20.8. The molecule has 0 aromatic carbocycles. The predicted molar refractivity (Wildman–Crippen MR) is 372 cm³/mol. The van der Waals surface area contributed by atoms with Crippen molar-refractivity contribution in [1.29, 1.82) is 0 Å². The Hall–Kier alpha value is -2.52. The van der Waals surface area contributed by atoms with Gasteiger partial charge in [-0.15, -0.1) is 0 Å². The maximum absolute atomic E-state index is 13.5. The molecule has 20 N–H and O–H groups in total. The first kappa shape index (κ1) is 92.3. The maximum atomic E-state index is 13.5. The number of allylic oxidation sites excluding steroid dienone is 1. The molecule has 6 saturated heterocycles. The molecular weight excluding hydrogens is 1400 g/mol. The summed E-state index contributed by atoms with van der Waals surface area (Å²) in [5, 5.41) is 205. The quantitative estimate of drug-likeness (QED) is 0.0225. The highest BCUT2D eigenvalue weighted by molar-refractivity contribution is 5.76. The van der Waals surface area contributed by atoms with Gasteiger partial charge in [-0.3, -0.25) is 9.59 Å². The van der Waals surface area contributed by atoms with E-state index < -0.39 is 242 Å². The molecule has 6 rings (SSSR count). The number of carbonyl (C=O) groups is 2. The number of carbonyl (C=O) groups excluding carboxylic acids is 2. The van der Waals surface area contributed by atoms with Gasteiger partial charge in [0.1, 0.15) is 140 Å². The second-order valence-corrected chi connectivity index (χ2v) is 29.2. The summed E-state index contributed by atoms with van der Waals surface area (Å²) < 4.78 is 71.5. The molecule has 12 unspecified atom stereocenters. The molecule has 0 bridgehead atoms. The Bertz CT molecular complexity index is 2420. The minimum Gasteiger partial charge on any atom is -0.394 e. The number of ether oxygens (including phenoxy) is 12. The van der Waals surface area contributed by atoms with Crippen molar-refractivity contribution in [2.75, 3.05) is 39.6 Å². The zero-order valence-electron chi connectivity index (χ0n) is 62.0. The summed E-state index contributed by atoms with van der Waals surface area (Å²) in [5.41, 5.74) is 0. The smallest absolute Gasteiger partial charge is 0.220 e. The molecule has 620 valence electrons. The predicted octanol–water partition coefficient (Wildman–Crippen LogP) is -2.32. The van der Waals surface area contributed by atoms with Crippen molar-refractivity contribution >= 4 is 11.8 Å². The van der Waals surface area contributed by atoms with Crippen LogP contribution in [-0.2, 0) is 66.4 Å². The molecule has 0 aromatic heterocycles. The summed E-state index contributed by atoms with van der Waals surface area (Å²) in [7, 11) is 0. The van der Waals surface area contributed by atoms with Crippen molar-refractivity contribution in [3.05, 3.63) is 12.2 Å². The van der Waals surface area contributed by atoms with E-state index in [1.54, 1.807) is 6.08 Å². The Balaban J connectivity index is 1.13. The first-order valence-electron chi connectivity index (χ1n) is 38.8. The van der Waals surface area contributed by atoms with Crippen LogP contribution in [0.25, 0.3) is 0 Å². The SMILES string of the molecule is CCCCCCCCCCCCC/C=C/[C@@H](O)[C@H](CO[C@@H]1OC(CO)[C@@H](O[C@@H]2OC(CO)[C@H](O)[C@H](O[C@@H]3OC(CO)[C@@H](O[C@@H]4OC(CO)[C@H](O)[C@H](O[C@H]5OC(CO)[C@H](O)[C@H](O)C5O)C4O[C@H]4OC(C)[C@@H](O)C(O)[C@@H]4O)[C@H](O)C3NC(C)=O)C2O)[C@H](O)C1O)NC(=O)CCCCCCCCCCCCCCC. The fraction of sp³-hybridized carbons (Fsp3) is 0.944. The molecule has 6 fully saturated rings. The second-order valence-electron chi connectivity index (χ2n) is 29.2. The lowest BCUT2D eigenvalue weighted by Crippen LogP contribution is -2.70. The third-order valence-electron chi connectivity index (χ3n) is 20.8. The van der Waals surface area contributed by atoms with Crippen molar-refractivity contribution in [2.24, 2.45) is 0 Å². The van der Waals surface area contributed by atoms with E-state index in [2.05, 4.69) is 24.5 Å². The summed E-state index contributed by atoms with van der Waals surface area (Å²) in [6, 6.07) is -2.93. The average Bonchev–Trinajstić information content (AvgIpc) is 0.773. The number of aliphatic hydroxyl groups is 18. The number of hydrogen-bond acceptors (Lipinski definition) is 32. The van der Waals surface area contributed by atoms with E-state index >= 15 is 0 Å². The Kier molecular flexibility index (Phi) is 42.3. The largest absolute Gasteiger partial charge is 0.394 e. The zero-order valence-corrected chi connectivity index (χ0v) is 62.0.